The van der Waals surface area contributed by atoms with Crippen LogP contribution >= 0.6 is 23.5 Å². The first-order chi connectivity index (χ1) is 15.0. The third-order valence-electron chi connectivity index (χ3n) is 5.10. The number of rotatable bonds is 9. The SMILES string of the molecule is COc1ccccc1C1(/C(CCO)=C(/C)N(C=O)Cc2cnc(C)nc2N)SC=CS1. The van der Waals surface area contributed by atoms with Crippen molar-refractivity contribution in [3.63, 3.8) is 0 Å². The molecule has 1 aliphatic heterocycles. The molecule has 0 unspecified atom stereocenters. The van der Waals surface area contributed by atoms with Gasteiger partial charge in [-0.2, -0.15) is 0 Å². The molecule has 0 bridgehead atoms. The van der Waals surface area contributed by atoms with Crippen molar-refractivity contribution in [1.82, 2.24) is 14.9 Å². The number of methoxy groups -OCH3 is 1. The van der Waals surface area contributed by atoms with Crippen LogP contribution in [0.5, 0.6) is 5.75 Å². The fourth-order valence-corrected chi connectivity index (χ4v) is 6.30. The van der Waals surface area contributed by atoms with E-state index in [1.807, 2.05) is 42.0 Å². The molecule has 31 heavy (non-hydrogen) atoms. The Bertz CT molecular complexity index is 1000. The number of benzene rings is 1. The number of anilines is 1. The van der Waals surface area contributed by atoms with Crippen LogP contribution in [0.3, 0.4) is 0 Å². The van der Waals surface area contributed by atoms with Crippen LogP contribution in [0.4, 0.5) is 5.82 Å². The van der Waals surface area contributed by atoms with Gasteiger partial charge < -0.3 is 20.5 Å². The molecule has 2 aromatic rings. The van der Waals surface area contributed by atoms with Gasteiger partial charge in [-0.05, 0) is 42.7 Å². The Hall–Kier alpha value is -2.49. The molecule has 7 nitrogen and oxygen atoms in total. The molecular weight excluding hydrogens is 432 g/mol. The largest absolute Gasteiger partial charge is 0.496 e. The Kier molecular flexibility index (Phi) is 7.64. The van der Waals surface area contributed by atoms with Crippen LogP contribution in [0.25, 0.3) is 0 Å². The van der Waals surface area contributed by atoms with E-state index in [9.17, 15) is 9.90 Å². The number of para-hydroxylation sites is 1. The highest BCUT2D eigenvalue weighted by Gasteiger charge is 2.42. The number of allylic oxidation sites excluding steroid dienone is 1. The van der Waals surface area contributed by atoms with Crippen LogP contribution in [0.1, 0.15) is 30.3 Å². The van der Waals surface area contributed by atoms with E-state index in [1.54, 1.807) is 48.7 Å². The molecular formula is C22H26N4O3S2. The van der Waals surface area contributed by atoms with Crippen LogP contribution in [0, 0.1) is 6.92 Å². The van der Waals surface area contributed by atoms with E-state index in [1.165, 1.54) is 0 Å². The second-order valence-electron chi connectivity index (χ2n) is 6.92. The number of aliphatic hydroxyl groups excluding tert-OH is 1. The molecule has 1 aliphatic rings. The number of nitrogens with zero attached hydrogens (tertiary/aromatic N) is 3. The molecule has 0 spiro atoms. The lowest BCUT2D eigenvalue weighted by Crippen LogP contribution is -2.28. The number of ether oxygens (including phenoxy) is 1. The van der Waals surface area contributed by atoms with E-state index in [2.05, 4.69) is 9.97 Å². The zero-order valence-electron chi connectivity index (χ0n) is 17.7. The van der Waals surface area contributed by atoms with Gasteiger partial charge in [0.25, 0.3) is 0 Å². The van der Waals surface area contributed by atoms with E-state index < -0.39 is 4.08 Å². The topological polar surface area (TPSA) is 102 Å². The third-order valence-corrected chi connectivity index (χ3v) is 7.99. The number of aliphatic hydroxyl groups is 1. The minimum atomic E-state index is -0.560. The summed E-state index contributed by atoms with van der Waals surface area (Å²) < 4.78 is 5.08. The fourth-order valence-electron chi connectivity index (χ4n) is 3.54. The smallest absolute Gasteiger partial charge is 0.214 e. The number of carbonyl (C=O) groups is 1. The zero-order valence-corrected chi connectivity index (χ0v) is 19.4. The summed E-state index contributed by atoms with van der Waals surface area (Å²) in [6, 6.07) is 7.83. The highest BCUT2D eigenvalue weighted by Crippen LogP contribution is 2.60. The van der Waals surface area contributed by atoms with E-state index in [4.69, 9.17) is 10.5 Å². The van der Waals surface area contributed by atoms with Crippen molar-refractivity contribution in [2.75, 3.05) is 19.5 Å². The molecule has 0 aliphatic carbocycles. The maximum absolute atomic E-state index is 12.1. The second kappa shape index (κ2) is 10.2. The first-order valence-electron chi connectivity index (χ1n) is 9.72. The summed E-state index contributed by atoms with van der Waals surface area (Å²) in [7, 11) is 1.64. The van der Waals surface area contributed by atoms with Crippen molar-refractivity contribution in [3.05, 3.63) is 69.5 Å². The van der Waals surface area contributed by atoms with Crippen LogP contribution in [-0.4, -0.2) is 40.1 Å². The molecule has 3 N–H and O–H groups in total. The number of nitrogens with two attached hydrogens (primary N) is 1. The van der Waals surface area contributed by atoms with Crippen LogP contribution in [0.2, 0.25) is 0 Å². The third kappa shape index (κ3) is 4.73. The van der Waals surface area contributed by atoms with Gasteiger partial charge in [0, 0.05) is 29.6 Å². The van der Waals surface area contributed by atoms with E-state index >= 15 is 0 Å². The maximum Gasteiger partial charge on any atom is 0.214 e. The number of hydrogen-bond acceptors (Lipinski definition) is 8. The lowest BCUT2D eigenvalue weighted by atomic mass is 9.98. The van der Waals surface area contributed by atoms with Crippen LogP contribution < -0.4 is 10.5 Å². The van der Waals surface area contributed by atoms with Crippen molar-refractivity contribution in [1.29, 1.82) is 0 Å². The Balaban J connectivity index is 2.10. The zero-order chi connectivity index (χ0) is 22.4. The number of thioether (sulfide) groups is 2. The molecule has 1 aromatic heterocycles. The van der Waals surface area contributed by atoms with Gasteiger partial charge in [0.15, 0.2) is 0 Å². The summed E-state index contributed by atoms with van der Waals surface area (Å²) in [4.78, 5) is 22.1. The predicted molar refractivity (Wildman–Crippen MR) is 126 cm³/mol. The summed E-state index contributed by atoms with van der Waals surface area (Å²) in [6.45, 7) is 3.84. The van der Waals surface area contributed by atoms with Crippen molar-refractivity contribution in [3.8, 4) is 5.75 Å². The quantitative estimate of drug-likeness (QED) is 0.547. The molecule has 0 saturated heterocycles. The van der Waals surface area contributed by atoms with Crippen molar-refractivity contribution in [2.45, 2.75) is 30.9 Å². The lowest BCUT2D eigenvalue weighted by molar-refractivity contribution is -0.117. The van der Waals surface area contributed by atoms with Crippen molar-refractivity contribution in [2.24, 2.45) is 0 Å². The molecule has 164 valence electrons. The number of aryl methyl sites for hydroxylation is 1. The molecule has 0 radical (unpaired) electrons. The Morgan fingerprint density at radius 1 is 1.32 bits per heavy atom. The van der Waals surface area contributed by atoms with Gasteiger partial charge in [0.2, 0.25) is 6.41 Å². The molecule has 0 saturated carbocycles. The number of carbonyl (C=O) groups excluding carboxylic acids is 1. The molecule has 2 heterocycles. The molecule has 1 aromatic carbocycles. The van der Waals surface area contributed by atoms with Gasteiger partial charge in [-0.3, -0.25) is 4.79 Å². The normalized spacial score (nSPS) is 15.5. The number of nitrogen functional groups attached to an aromatic ring is 1. The van der Waals surface area contributed by atoms with Crippen molar-refractivity contribution >= 4 is 35.8 Å². The standard InChI is InChI=1S/C22H26N4O3S2/c1-15(26(14-28)13-17-12-24-16(2)25-21(17)23)18(8-9-27)22(30-10-11-31-22)19-6-4-5-7-20(19)29-3/h4-7,10-12,14,27H,8-9,13H2,1-3H3,(H2,23,24,25)/b18-15-. The van der Waals surface area contributed by atoms with Gasteiger partial charge in [0.1, 0.15) is 21.5 Å². The van der Waals surface area contributed by atoms with Gasteiger partial charge >= 0.3 is 0 Å². The highest BCUT2D eigenvalue weighted by atomic mass is 32.2. The van der Waals surface area contributed by atoms with Crippen LogP contribution in [0.15, 0.2) is 52.5 Å². The number of amides is 1. The average Bonchev–Trinajstić information content (AvgIpc) is 3.27. The summed E-state index contributed by atoms with van der Waals surface area (Å²) in [5.74, 6) is 1.68. The van der Waals surface area contributed by atoms with Crippen LogP contribution in [-0.2, 0) is 15.4 Å². The predicted octanol–water partition coefficient (Wildman–Crippen LogP) is 3.79. The highest BCUT2D eigenvalue weighted by molar-refractivity contribution is 8.23. The first kappa shape index (κ1) is 23.2. The molecule has 3 rings (SSSR count). The maximum atomic E-state index is 12.1. The second-order valence-corrected chi connectivity index (χ2v) is 9.42. The van der Waals surface area contributed by atoms with E-state index in [0.29, 0.717) is 23.6 Å². The van der Waals surface area contributed by atoms with E-state index in [-0.39, 0.29) is 13.2 Å². The Morgan fingerprint density at radius 3 is 2.65 bits per heavy atom. The van der Waals surface area contributed by atoms with Gasteiger partial charge in [-0.15, -0.1) is 23.5 Å². The van der Waals surface area contributed by atoms with Gasteiger partial charge in [0.05, 0.1) is 13.7 Å². The Labute approximate surface area is 190 Å². The van der Waals surface area contributed by atoms with Gasteiger partial charge in [-0.1, -0.05) is 18.2 Å². The first-order valence-corrected chi connectivity index (χ1v) is 11.5. The van der Waals surface area contributed by atoms with Crippen molar-refractivity contribution < 1.29 is 14.6 Å². The minimum Gasteiger partial charge on any atom is -0.496 e. The molecule has 0 atom stereocenters. The molecule has 1 amide bonds. The molecule has 0 fully saturated rings. The lowest BCUT2D eigenvalue weighted by Gasteiger charge is -2.35. The summed E-state index contributed by atoms with van der Waals surface area (Å²) in [5.41, 5.74) is 9.37. The monoisotopic (exact) mass is 458 g/mol. The fraction of sp³-hybridized carbons (Fsp3) is 0.318. The van der Waals surface area contributed by atoms with E-state index in [0.717, 1.165) is 29.0 Å². The summed E-state index contributed by atoms with van der Waals surface area (Å²) >= 11 is 3.26. The summed E-state index contributed by atoms with van der Waals surface area (Å²) in [5, 5.41) is 14.0. The Morgan fingerprint density at radius 2 is 2.03 bits per heavy atom. The average molecular weight is 459 g/mol. The minimum absolute atomic E-state index is 0.0484. The number of aromatic nitrogens is 2. The summed E-state index contributed by atoms with van der Waals surface area (Å²) in [6.07, 6.45) is 2.82. The van der Waals surface area contributed by atoms with Gasteiger partial charge in [-0.25, -0.2) is 9.97 Å². The number of hydrogen-bond donors (Lipinski definition) is 2. The molecule has 9 heteroatoms.